The minimum absolute atomic E-state index is 0.158. The van der Waals surface area contributed by atoms with Gasteiger partial charge in [-0.25, -0.2) is 9.97 Å². The minimum atomic E-state index is -0.158. The van der Waals surface area contributed by atoms with E-state index in [4.69, 9.17) is 0 Å². The minimum Gasteiger partial charge on any atom is -0.336 e. The number of aromatic nitrogens is 4. The summed E-state index contributed by atoms with van der Waals surface area (Å²) in [4.78, 5) is 25.2. The molecule has 0 aliphatic rings. The van der Waals surface area contributed by atoms with Gasteiger partial charge in [-0.15, -0.1) is 0 Å². The van der Waals surface area contributed by atoms with E-state index in [9.17, 15) is 4.79 Å². The molecular formula is C8H10N4O. The second-order valence-corrected chi connectivity index (χ2v) is 2.89. The Bertz CT molecular complexity index is 496. The lowest BCUT2D eigenvalue weighted by atomic mass is 10.5. The average Bonchev–Trinajstić information content (AvgIpc) is 2.47. The van der Waals surface area contributed by atoms with Gasteiger partial charge in [-0.3, -0.25) is 4.79 Å². The standard InChI is InChI=1S/C8H10N4O/c1-3-5-11-6-7(12-5)9-4(2)10-8(6)13/h3H2,1-2H3,(H2,9,10,11,12,13). The Kier molecular flexibility index (Phi) is 1.65. The number of H-pyrrole nitrogens is 2. The molecule has 68 valence electrons. The van der Waals surface area contributed by atoms with Gasteiger partial charge in [-0.05, 0) is 6.92 Å². The largest absolute Gasteiger partial charge is 0.336 e. The number of nitrogens with zero attached hydrogens (tertiary/aromatic N) is 2. The highest BCUT2D eigenvalue weighted by molar-refractivity contribution is 5.68. The summed E-state index contributed by atoms with van der Waals surface area (Å²) in [6.07, 6.45) is 0.773. The van der Waals surface area contributed by atoms with Crippen LogP contribution in [0.3, 0.4) is 0 Å². The van der Waals surface area contributed by atoms with Crippen molar-refractivity contribution in [1.82, 2.24) is 19.9 Å². The summed E-state index contributed by atoms with van der Waals surface area (Å²) in [5.41, 5.74) is 0.801. The van der Waals surface area contributed by atoms with Crippen LogP contribution in [0.1, 0.15) is 18.6 Å². The second kappa shape index (κ2) is 2.69. The molecule has 2 heterocycles. The zero-order valence-corrected chi connectivity index (χ0v) is 7.51. The number of nitrogens with one attached hydrogen (secondary N) is 2. The number of imidazole rings is 1. The molecule has 0 bridgehead atoms. The zero-order chi connectivity index (χ0) is 9.42. The van der Waals surface area contributed by atoms with Crippen LogP contribution in [-0.4, -0.2) is 19.9 Å². The van der Waals surface area contributed by atoms with Crippen molar-refractivity contribution in [1.29, 1.82) is 0 Å². The van der Waals surface area contributed by atoms with Crippen LogP contribution < -0.4 is 5.56 Å². The molecule has 0 aliphatic heterocycles. The first kappa shape index (κ1) is 7.97. The summed E-state index contributed by atoms with van der Waals surface area (Å²) < 4.78 is 0. The van der Waals surface area contributed by atoms with Crippen molar-refractivity contribution in [2.45, 2.75) is 20.3 Å². The Morgan fingerprint density at radius 1 is 1.31 bits per heavy atom. The lowest BCUT2D eigenvalue weighted by Gasteiger charge is -1.89. The van der Waals surface area contributed by atoms with Gasteiger partial charge in [0.15, 0.2) is 11.2 Å². The summed E-state index contributed by atoms with van der Waals surface area (Å²) in [7, 11) is 0. The van der Waals surface area contributed by atoms with E-state index in [-0.39, 0.29) is 5.56 Å². The van der Waals surface area contributed by atoms with Gasteiger partial charge >= 0.3 is 0 Å². The van der Waals surface area contributed by atoms with Gasteiger partial charge in [0.1, 0.15) is 11.6 Å². The van der Waals surface area contributed by atoms with Crippen molar-refractivity contribution in [2.75, 3.05) is 0 Å². The average molecular weight is 178 g/mol. The monoisotopic (exact) mass is 178 g/mol. The van der Waals surface area contributed by atoms with Crippen LogP contribution in [0.15, 0.2) is 4.79 Å². The molecule has 2 aromatic heterocycles. The Balaban J connectivity index is 2.83. The zero-order valence-electron chi connectivity index (χ0n) is 7.51. The molecule has 5 nitrogen and oxygen atoms in total. The molecule has 5 heteroatoms. The van der Waals surface area contributed by atoms with E-state index in [2.05, 4.69) is 19.9 Å². The molecule has 2 rings (SSSR count). The molecule has 0 aliphatic carbocycles. The topological polar surface area (TPSA) is 74.4 Å². The molecule has 0 spiro atoms. The third kappa shape index (κ3) is 1.22. The van der Waals surface area contributed by atoms with Crippen LogP contribution in [0, 0.1) is 6.92 Å². The molecular weight excluding hydrogens is 168 g/mol. The summed E-state index contributed by atoms with van der Waals surface area (Å²) in [6.45, 7) is 3.71. The molecule has 0 saturated carbocycles. The first-order valence-corrected chi connectivity index (χ1v) is 4.16. The van der Waals surface area contributed by atoms with E-state index in [1.54, 1.807) is 6.92 Å². The highest BCUT2D eigenvalue weighted by Crippen LogP contribution is 2.03. The fourth-order valence-electron chi connectivity index (χ4n) is 1.23. The maximum atomic E-state index is 11.4. The summed E-state index contributed by atoms with van der Waals surface area (Å²) in [5.74, 6) is 1.38. The number of rotatable bonds is 1. The highest BCUT2D eigenvalue weighted by atomic mass is 16.1. The fourth-order valence-corrected chi connectivity index (χ4v) is 1.23. The summed E-state index contributed by atoms with van der Waals surface area (Å²) >= 11 is 0. The molecule has 13 heavy (non-hydrogen) atoms. The molecule has 2 aromatic rings. The predicted octanol–water partition coefficient (Wildman–Crippen LogP) is 0.517. The predicted molar refractivity (Wildman–Crippen MR) is 48.6 cm³/mol. The molecule has 0 aromatic carbocycles. The molecule has 0 radical (unpaired) electrons. The highest BCUT2D eigenvalue weighted by Gasteiger charge is 2.06. The van der Waals surface area contributed by atoms with Crippen molar-refractivity contribution >= 4 is 11.2 Å². The number of hydrogen-bond donors (Lipinski definition) is 2. The summed E-state index contributed by atoms with van der Waals surface area (Å²) in [5, 5.41) is 0. The number of hydrogen-bond acceptors (Lipinski definition) is 3. The van der Waals surface area contributed by atoms with Gasteiger partial charge in [-0.1, -0.05) is 6.92 Å². The molecule has 0 unspecified atom stereocenters. The third-order valence-electron chi connectivity index (χ3n) is 1.86. The molecule has 2 N–H and O–H groups in total. The maximum Gasteiger partial charge on any atom is 0.276 e. The van der Waals surface area contributed by atoms with E-state index in [1.165, 1.54) is 0 Å². The number of aryl methyl sites for hydroxylation is 2. The molecule has 0 amide bonds. The molecule has 0 saturated heterocycles. The van der Waals surface area contributed by atoms with Gasteiger partial charge in [0, 0.05) is 6.42 Å². The first-order valence-electron chi connectivity index (χ1n) is 4.16. The van der Waals surface area contributed by atoms with Crippen LogP contribution in [0.5, 0.6) is 0 Å². The van der Waals surface area contributed by atoms with Crippen LogP contribution in [0.2, 0.25) is 0 Å². The van der Waals surface area contributed by atoms with Gasteiger partial charge in [-0.2, -0.15) is 0 Å². The van der Waals surface area contributed by atoms with Gasteiger partial charge in [0.05, 0.1) is 0 Å². The lowest BCUT2D eigenvalue weighted by Crippen LogP contribution is -2.09. The van der Waals surface area contributed by atoms with Crippen molar-refractivity contribution in [2.24, 2.45) is 0 Å². The first-order chi connectivity index (χ1) is 6.20. The van der Waals surface area contributed by atoms with Crippen LogP contribution in [-0.2, 0) is 6.42 Å². The van der Waals surface area contributed by atoms with Crippen LogP contribution in [0.25, 0.3) is 11.2 Å². The molecule has 0 atom stereocenters. The van der Waals surface area contributed by atoms with Crippen molar-refractivity contribution in [3.8, 4) is 0 Å². The van der Waals surface area contributed by atoms with Crippen LogP contribution >= 0.6 is 0 Å². The smallest absolute Gasteiger partial charge is 0.276 e. The van der Waals surface area contributed by atoms with E-state index in [0.717, 1.165) is 12.2 Å². The van der Waals surface area contributed by atoms with Gasteiger partial charge in [0.2, 0.25) is 0 Å². The van der Waals surface area contributed by atoms with E-state index < -0.39 is 0 Å². The van der Waals surface area contributed by atoms with Crippen molar-refractivity contribution in [3.05, 3.63) is 22.0 Å². The Morgan fingerprint density at radius 3 is 2.77 bits per heavy atom. The number of fused-ring (bicyclic) bond motifs is 1. The van der Waals surface area contributed by atoms with E-state index >= 15 is 0 Å². The third-order valence-corrected chi connectivity index (χ3v) is 1.86. The molecule has 0 fully saturated rings. The van der Waals surface area contributed by atoms with Crippen molar-refractivity contribution in [3.63, 3.8) is 0 Å². The van der Waals surface area contributed by atoms with E-state index in [1.807, 2.05) is 6.92 Å². The Hall–Kier alpha value is -1.65. The normalized spacial score (nSPS) is 10.9. The maximum absolute atomic E-state index is 11.4. The Labute approximate surface area is 74.2 Å². The quantitative estimate of drug-likeness (QED) is 0.668. The SMILES string of the molecule is CCc1nc2nc(C)[nH]c(=O)c2[nH]1. The fraction of sp³-hybridized carbons (Fsp3) is 0.375. The summed E-state index contributed by atoms with van der Waals surface area (Å²) in [6, 6.07) is 0. The lowest BCUT2D eigenvalue weighted by molar-refractivity contribution is 0.996. The second-order valence-electron chi connectivity index (χ2n) is 2.89. The van der Waals surface area contributed by atoms with E-state index in [0.29, 0.717) is 17.0 Å². The number of aromatic amines is 2. The van der Waals surface area contributed by atoms with Crippen molar-refractivity contribution < 1.29 is 0 Å². The van der Waals surface area contributed by atoms with Gasteiger partial charge in [0.25, 0.3) is 5.56 Å². The Morgan fingerprint density at radius 2 is 2.08 bits per heavy atom. The van der Waals surface area contributed by atoms with Gasteiger partial charge < -0.3 is 9.97 Å². The van der Waals surface area contributed by atoms with Crippen LogP contribution in [0.4, 0.5) is 0 Å².